The van der Waals surface area contributed by atoms with Crippen molar-refractivity contribution in [2.45, 2.75) is 57.0 Å². The molecule has 5 N–H and O–H groups in total. The van der Waals surface area contributed by atoms with Crippen LogP contribution in [0.4, 0.5) is 4.79 Å². The predicted molar refractivity (Wildman–Crippen MR) is 68.4 cm³/mol. The second-order valence-corrected chi connectivity index (χ2v) is 4.98. The zero-order chi connectivity index (χ0) is 14.5. The zero-order valence-corrected chi connectivity index (χ0v) is 11.1. The van der Waals surface area contributed by atoms with Crippen molar-refractivity contribution < 1.29 is 19.5 Å². The maximum absolute atomic E-state index is 11.8. The normalized spacial score (nSPS) is 17.9. The van der Waals surface area contributed by atoms with Gasteiger partial charge in [0.1, 0.15) is 6.04 Å². The van der Waals surface area contributed by atoms with Crippen molar-refractivity contribution in [3.05, 3.63) is 0 Å². The summed E-state index contributed by atoms with van der Waals surface area (Å²) in [6.07, 6.45) is 3.64. The van der Waals surface area contributed by atoms with Gasteiger partial charge in [0.15, 0.2) is 0 Å². The molecule has 1 aliphatic carbocycles. The summed E-state index contributed by atoms with van der Waals surface area (Å²) >= 11 is 0. The minimum atomic E-state index is -1.17. The van der Waals surface area contributed by atoms with Crippen molar-refractivity contribution in [3.63, 3.8) is 0 Å². The van der Waals surface area contributed by atoms with Crippen LogP contribution in [0.2, 0.25) is 0 Å². The van der Waals surface area contributed by atoms with E-state index >= 15 is 0 Å². The van der Waals surface area contributed by atoms with E-state index in [-0.39, 0.29) is 18.4 Å². The lowest BCUT2D eigenvalue weighted by Gasteiger charge is -2.42. The fraction of sp³-hybridized carbons (Fsp3) is 0.750. The first-order valence-corrected chi connectivity index (χ1v) is 6.48. The Labute approximate surface area is 111 Å². The van der Waals surface area contributed by atoms with Gasteiger partial charge in [-0.25, -0.2) is 9.59 Å². The maximum Gasteiger partial charge on any atom is 0.326 e. The lowest BCUT2D eigenvalue weighted by Crippen LogP contribution is -2.58. The van der Waals surface area contributed by atoms with Crippen LogP contribution in [0.3, 0.4) is 0 Å². The highest BCUT2D eigenvalue weighted by molar-refractivity contribution is 5.83. The molecule has 0 unspecified atom stereocenters. The maximum atomic E-state index is 11.8. The Morgan fingerprint density at radius 3 is 2.37 bits per heavy atom. The van der Waals surface area contributed by atoms with Crippen molar-refractivity contribution in [1.82, 2.24) is 10.6 Å². The monoisotopic (exact) mass is 271 g/mol. The molecule has 19 heavy (non-hydrogen) atoms. The Bertz CT molecular complexity index is 360. The van der Waals surface area contributed by atoms with Crippen LogP contribution in [-0.4, -0.2) is 34.6 Å². The van der Waals surface area contributed by atoms with E-state index in [1.165, 1.54) is 0 Å². The Kier molecular flexibility index (Phi) is 5.14. The molecule has 0 saturated heterocycles. The number of primary amides is 1. The molecule has 0 bridgehead atoms. The molecular formula is C12H21N3O4. The summed E-state index contributed by atoms with van der Waals surface area (Å²) in [7, 11) is 0. The SMILES string of the molecule is CCC1(NC(=O)N[C@H](CCC(N)=O)C(=O)O)CCC1. The second-order valence-electron chi connectivity index (χ2n) is 4.98. The van der Waals surface area contributed by atoms with Gasteiger partial charge >= 0.3 is 12.0 Å². The summed E-state index contributed by atoms with van der Waals surface area (Å²) in [4.78, 5) is 33.4. The number of carbonyl (C=O) groups is 3. The summed E-state index contributed by atoms with van der Waals surface area (Å²) in [5, 5.41) is 14.2. The van der Waals surface area contributed by atoms with E-state index in [4.69, 9.17) is 10.8 Å². The smallest absolute Gasteiger partial charge is 0.326 e. The van der Waals surface area contributed by atoms with E-state index in [1.54, 1.807) is 0 Å². The number of urea groups is 1. The number of hydrogen-bond acceptors (Lipinski definition) is 3. The van der Waals surface area contributed by atoms with Crippen molar-refractivity contribution in [1.29, 1.82) is 0 Å². The zero-order valence-electron chi connectivity index (χ0n) is 11.1. The minimum Gasteiger partial charge on any atom is -0.480 e. The fourth-order valence-electron chi connectivity index (χ4n) is 2.15. The molecule has 0 aromatic heterocycles. The van der Waals surface area contributed by atoms with Crippen molar-refractivity contribution in [2.24, 2.45) is 5.73 Å². The third-order valence-electron chi connectivity index (χ3n) is 3.65. The van der Waals surface area contributed by atoms with Crippen molar-refractivity contribution in [3.8, 4) is 0 Å². The lowest BCUT2D eigenvalue weighted by atomic mass is 9.75. The van der Waals surface area contributed by atoms with Crippen LogP contribution in [-0.2, 0) is 9.59 Å². The molecule has 1 saturated carbocycles. The van der Waals surface area contributed by atoms with Gasteiger partial charge in [0, 0.05) is 12.0 Å². The average molecular weight is 271 g/mol. The van der Waals surface area contributed by atoms with Crippen LogP contribution in [0.5, 0.6) is 0 Å². The van der Waals surface area contributed by atoms with Crippen LogP contribution in [0.1, 0.15) is 45.4 Å². The van der Waals surface area contributed by atoms with Crippen LogP contribution < -0.4 is 16.4 Å². The highest BCUT2D eigenvalue weighted by atomic mass is 16.4. The molecule has 0 aromatic rings. The predicted octanol–water partition coefficient (Wildman–Crippen LogP) is 0.337. The van der Waals surface area contributed by atoms with Crippen LogP contribution >= 0.6 is 0 Å². The topological polar surface area (TPSA) is 122 Å². The van der Waals surface area contributed by atoms with Gasteiger partial charge in [0.05, 0.1) is 0 Å². The Hall–Kier alpha value is -1.79. The number of rotatable bonds is 7. The Morgan fingerprint density at radius 1 is 1.37 bits per heavy atom. The first-order valence-electron chi connectivity index (χ1n) is 6.48. The number of carboxylic acids is 1. The van der Waals surface area contributed by atoms with Gasteiger partial charge in [-0.05, 0) is 32.1 Å². The molecule has 3 amide bonds. The van der Waals surface area contributed by atoms with Crippen molar-refractivity contribution >= 4 is 17.9 Å². The molecule has 0 aliphatic heterocycles. The average Bonchev–Trinajstić information content (AvgIpc) is 2.28. The van der Waals surface area contributed by atoms with Crippen LogP contribution in [0.25, 0.3) is 0 Å². The van der Waals surface area contributed by atoms with E-state index in [1.807, 2.05) is 6.92 Å². The van der Waals surface area contributed by atoms with Crippen LogP contribution in [0, 0.1) is 0 Å². The number of amides is 3. The summed E-state index contributed by atoms with van der Waals surface area (Å²) in [5.74, 6) is -1.76. The molecule has 1 rings (SSSR count). The largest absolute Gasteiger partial charge is 0.480 e. The van der Waals surface area contributed by atoms with E-state index in [9.17, 15) is 14.4 Å². The molecule has 0 aromatic carbocycles. The number of aliphatic carboxylic acids is 1. The first kappa shape index (κ1) is 15.3. The van der Waals surface area contributed by atoms with E-state index in [2.05, 4.69) is 10.6 Å². The summed E-state index contributed by atoms with van der Waals surface area (Å²) in [6, 6.07) is -1.60. The summed E-state index contributed by atoms with van der Waals surface area (Å²) in [6.45, 7) is 1.99. The highest BCUT2D eigenvalue weighted by Crippen LogP contribution is 2.34. The molecule has 0 spiro atoms. The molecule has 1 atom stereocenters. The Morgan fingerprint density at radius 2 is 2.00 bits per heavy atom. The number of carboxylic acid groups (broad SMARTS) is 1. The molecule has 1 fully saturated rings. The van der Waals surface area contributed by atoms with Gasteiger partial charge in [0.2, 0.25) is 5.91 Å². The molecule has 7 nitrogen and oxygen atoms in total. The Balaban J connectivity index is 2.47. The van der Waals surface area contributed by atoms with E-state index < -0.39 is 23.9 Å². The quantitative estimate of drug-likeness (QED) is 0.533. The molecule has 0 heterocycles. The number of nitrogens with two attached hydrogens (primary N) is 1. The minimum absolute atomic E-state index is 0.00277. The third-order valence-corrected chi connectivity index (χ3v) is 3.65. The molecule has 1 aliphatic rings. The molecule has 7 heteroatoms. The second kappa shape index (κ2) is 6.40. The standard InChI is InChI=1S/C12H21N3O4/c1-2-12(6-3-7-12)15-11(19)14-8(10(17)18)4-5-9(13)16/h8H,2-7H2,1H3,(H2,13,16)(H,17,18)(H2,14,15,19)/t8-/m1/s1. The lowest BCUT2D eigenvalue weighted by molar-refractivity contribution is -0.139. The van der Waals surface area contributed by atoms with Gasteiger partial charge in [-0.3, -0.25) is 4.79 Å². The third kappa shape index (κ3) is 4.42. The van der Waals surface area contributed by atoms with Gasteiger partial charge in [-0.15, -0.1) is 0 Å². The first-order chi connectivity index (χ1) is 8.88. The van der Waals surface area contributed by atoms with E-state index in [0.717, 1.165) is 25.7 Å². The molecule has 0 radical (unpaired) electrons. The van der Waals surface area contributed by atoms with Crippen molar-refractivity contribution in [2.75, 3.05) is 0 Å². The van der Waals surface area contributed by atoms with Gasteiger partial charge < -0.3 is 21.5 Å². The fourth-order valence-corrected chi connectivity index (χ4v) is 2.15. The van der Waals surface area contributed by atoms with E-state index in [0.29, 0.717) is 0 Å². The highest BCUT2D eigenvalue weighted by Gasteiger charge is 2.37. The summed E-state index contributed by atoms with van der Waals surface area (Å²) < 4.78 is 0. The summed E-state index contributed by atoms with van der Waals surface area (Å²) in [5.41, 5.74) is 4.77. The number of nitrogens with one attached hydrogen (secondary N) is 2. The van der Waals surface area contributed by atoms with Crippen LogP contribution in [0.15, 0.2) is 0 Å². The van der Waals surface area contributed by atoms with Gasteiger partial charge in [-0.2, -0.15) is 0 Å². The van der Waals surface area contributed by atoms with Gasteiger partial charge in [-0.1, -0.05) is 6.92 Å². The molecular weight excluding hydrogens is 250 g/mol. The van der Waals surface area contributed by atoms with Gasteiger partial charge in [0.25, 0.3) is 0 Å². The molecule has 108 valence electrons. The number of hydrogen-bond donors (Lipinski definition) is 4. The number of carbonyl (C=O) groups excluding carboxylic acids is 2.